The van der Waals surface area contributed by atoms with Crippen LogP contribution in [0.4, 0.5) is 0 Å². The van der Waals surface area contributed by atoms with Crippen molar-refractivity contribution in [3.05, 3.63) is 0 Å². The molecule has 0 saturated carbocycles. The van der Waals surface area contributed by atoms with Crippen LogP contribution >= 0.6 is 7.82 Å². The van der Waals surface area contributed by atoms with E-state index in [1.54, 1.807) is 6.92 Å². The van der Waals surface area contributed by atoms with Gasteiger partial charge in [-0.15, -0.1) is 0 Å². The van der Waals surface area contributed by atoms with Gasteiger partial charge in [-0.2, -0.15) is 0 Å². The molecule has 0 amide bonds. The van der Waals surface area contributed by atoms with Crippen molar-refractivity contribution in [2.24, 2.45) is 0 Å². The second-order valence-electron chi connectivity index (χ2n) is 11.4. The van der Waals surface area contributed by atoms with Crippen molar-refractivity contribution < 1.29 is 37.3 Å². The van der Waals surface area contributed by atoms with Crippen LogP contribution in [0.15, 0.2) is 0 Å². The summed E-state index contributed by atoms with van der Waals surface area (Å²) in [6.07, 6.45) is 20.4. The molecule has 0 spiro atoms. The van der Waals surface area contributed by atoms with Crippen LogP contribution in [0.2, 0.25) is 0 Å². The molecule has 38 heavy (non-hydrogen) atoms. The summed E-state index contributed by atoms with van der Waals surface area (Å²) >= 11 is 0. The van der Waals surface area contributed by atoms with Crippen molar-refractivity contribution in [2.45, 2.75) is 129 Å². The first-order valence-corrected chi connectivity index (χ1v) is 16.7. The number of esters is 1. The number of nitrogens with zero attached hydrogens (tertiary/aromatic N) is 1. The van der Waals surface area contributed by atoms with Crippen LogP contribution in [0, 0.1) is 0 Å². The SMILES string of the molecule is CCCCCCCCCCCCCCCCCCOCC(COP(=O)([O-])OCC[N+](C)(C)C)OC(=O)CC. The molecule has 0 aromatic rings. The molecule has 0 aliphatic heterocycles. The summed E-state index contributed by atoms with van der Waals surface area (Å²) in [7, 11) is 1.35. The molecule has 0 heterocycles. The molecule has 0 radical (unpaired) electrons. The smallest absolute Gasteiger partial charge is 0.305 e. The minimum atomic E-state index is -4.47. The summed E-state index contributed by atoms with van der Waals surface area (Å²) in [5, 5.41) is 0. The van der Waals surface area contributed by atoms with E-state index in [2.05, 4.69) is 6.92 Å². The van der Waals surface area contributed by atoms with Crippen LogP contribution in [0.25, 0.3) is 0 Å². The molecule has 228 valence electrons. The molecule has 9 heteroatoms. The number of likely N-dealkylation sites (N-methyl/N-ethyl adjacent to an activating group) is 1. The first-order valence-electron chi connectivity index (χ1n) is 15.3. The first kappa shape index (κ1) is 37.5. The maximum atomic E-state index is 12.0. The molecule has 0 saturated heterocycles. The highest BCUT2D eigenvalue weighted by Crippen LogP contribution is 2.38. The molecule has 2 unspecified atom stereocenters. The van der Waals surface area contributed by atoms with E-state index in [9.17, 15) is 14.3 Å². The lowest BCUT2D eigenvalue weighted by molar-refractivity contribution is -0.870. The van der Waals surface area contributed by atoms with Crippen LogP contribution in [-0.4, -0.2) is 70.7 Å². The first-order chi connectivity index (χ1) is 18.1. The number of quaternary nitrogens is 1. The predicted molar refractivity (Wildman–Crippen MR) is 153 cm³/mol. The number of phosphoric acid groups is 1. The monoisotopic (exact) mass is 565 g/mol. The largest absolute Gasteiger partial charge is 0.756 e. The fourth-order valence-electron chi connectivity index (χ4n) is 3.99. The second-order valence-corrected chi connectivity index (χ2v) is 12.8. The van der Waals surface area contributed by atoms with E-state index in [-0.39, 0.29) is 26.2 Å². The molecule has 0 bridgehead atoms. The van der Waals surface area contributed by atoms with Gasteiger partial charge in [0.2, 0.25) is 0 Å². The number of phosphoric ester groups is 1. The quantitative estimate of drug-likeness (QED) is 0.0446. The number of rotatable bonds is 28. The Hall–Kier alpha value is -0.500. The maximum absolute atomic E-state index is 12.0. The Morgan fingerprint density at radius 2 is 1.18 bits per heavy atom. The lowest BCUT2D eigenvalue weighted by atomic mass is 10.0. The van der Waals surface area contributed by atoms with Gasteiger partial charge in [0.25, 0.3) is 7.82 Å². The molecule has 0 fully saturated rings. The van der Waals surface area contributed by atoms with E-state index in [0.717, 1.165) is 12.8 Å². The van der Waals surface area contributed by atoms with Gasteiger partial charge in [0.15, 0.2) is 0 Å². The summed E-state index contributed by atoms with van der Waals surface area (Å²) in [4.78, 5) is 23.7. The van der Waals surface area contributed by atoms with Gasteiger partial charge in [-0.25, -0.2) is 0 Å². The zero-order valence-corrected chi connectivity index (χ0v) is 26.3. The van der Waals surface area contributed by atoms with Crippen molar-refractivity contribution in [3.63, 3.8) is 0 Å². The highest BCUT2D eigenvalue weighted by Gasteiger charge is 2.19. The minimum Gasteiger partial charge on any atom is -0.756 e. The van der Waals surface area contributed by atoms with Crippen LogP contribution in [0.5, 0.6) is 0 Å². The maximum Gasteiger partial charge on any atom is 0.305 e. The van der Waals surface area contributed by atoms with Crippen molar-refractivity contribution >= 4 is 13.8 Å². The normalized spacial score (nSPS) is 14.4. The van der Waals surface area contributed by atoms with Crippen molar-refractivity contribution in [2.75, 3.05) is 54.1 Å². The summed E-state index contributed by atoms with van der Waals surface area (Å²) in [6.45, 7) is 4.84. The lowest BCUT2D eigenvalue weighted by Gasteiger charge is -2.28. The molecule has 0 rings (SSSR count). The van der Waals surface area contributed by atoms with Gasteiger partial charge in [-0.3, -0.25) is 9.36 Å². The van der Waals surface area contributed by atoms with E-state index in [4.69, 9.17) is 18.5 Å². The topological polar surface area (TPSA) is 94.1 Å². The number of hydrogen-bond donors (Lipinski definition) is 0. The van der Waals surface area contributed by atoms with Crippen molar-refractivity contribution in [1.82, 2.24) is 0 Å². The van der Waals surface area contributed by atoms with E-state index in [1.807, 2.05) is 21.1 Å². The molecule has 2 atom stereocenters. The standard InChI is InChI=1S/C29H60NO7P/c1-6-8-9-10-11-12-13-14-15-16-17-18-19-20-21-22-24-34-26-28(37-29(31)7-2)27-36-38(32,33)35-25-23-30(3,4)5/h28H,6-27H2,1-5H3. The fraction of sp³-hybridized carbons (Fsp3) is 0.966. The molecule has 0 aromatic carbocycles. The average molecular weight is 566 g/mol. The number of hydrogen-bond acceptors (Lipinski definition) is 7. The second kappa shape index (κ2) is 24.3. The molecular formula is C29H60NO7P. The third kappa shape index (κ3) is 27.1. The summed E-state index contributed by atoms with van der Waals surface area (Å²) < 4.78 is 33.4. The molecule has 8 nitrogen and oxygen atoms in total. The Morgan fingerprint density at radius 1 is 0.711 bits per heavy atom. The Labute approximate surface area is 234 Å². The zero-order chi connectivity index (χ0) is 28.5. The Kier molecular flexibility index (Phi) is 24.0. The van der Waals surface area contributed by atoms with Crippen LogP contribution in [-0.2, 0) is 27.9 Å². The summed E-state index contributed by atoms with van der Waals surface area (Å²) in [6, 6.07) is 0. The predicted octanol–water partition coefficient (Wildman–Crippen LogP) is 6.79. The minimum absolute atomic E-state index is 0.0272. The molecule has 0 aliphatic carbocycles. The molecular weight excluding hydrogens is 505 g/mol. The van der Waals surface area contributed by atoms with Gasteiger partial charge in [-0.1, -0.05) is 110 Å². The summed E-state index contributed by atoms with van der Waals surface area (Å²) in [5.41, 5.74) is 0. The van der Waals surface area contributed by atoms with Gasteiger partial charge < -0.3 is 27.9 Å². The van der Waals surface area contributed by atoms with Crippen molar-refractivity contribution in [1.29, 1.82) is 0 Å². The summed E-state index contributed by atoms with van der Waals surface area (Å²) in [5.74, 6) is -0.420. The third-order valence-electron chi connectivity index (χ3n) is 6.46. The number of unbranched alkanes of at least 4 members (excludes halogenated alkanes) is 15. The number of carbonyl (C=O) groups is 1. The highest BCUT2D eigenvalue weighted by atomic mass is 31.2. The third-order valence-corrected chi connectivity index (χ3v) is 7.43. The number of ether oxygens (including phenoxy) is 2. The average Bonchev–Trinajstić information content (AvgIpc) is 2.85. The van der Waals surface area contributed by atoms with E-state index in [1.165, 1.54) is 89.9 Å². The van der Waals surface area contributed by atoms with Crippen LogP contribution < -0.4 is 4.89 Å². The van der Waals surface area contributed by atoms with E-state index < -0.39 is 19.9 Å². The van der Waals surface area contributed by atoms with E-state index in [0.29, 0.717) is 17.6 Å². The lowest BCUT2D eigenvalue weighted by Crippen LogP contribution is -2.37. The number of carbonyl (C=O) groups excluding carboxylic acids is 1. The van der Waals surface area contributed by atoms with Crippen LogP contribution in [0.1, 0.15) is 123 Å². The zero-order valence-electron chi connectivity index (χ0n) is 25.4. The van der Waals surface area contributed by atoms with E-state index >= 15 is 0 Å². The Bertz CT molecular complexity index is 598. The Morgan fingerprint density at radius 3 is 1.63 bits per heavy atom. The van der Waals surface area contributed by atoms with Crippen molar-refractivity contribution in [3.8, 4) is 0 Å². The van der Waals surface area contributed by atoms with Gasteiger partial charge >= 0.3 is 5.97 Å². The molecule has 0 N–H and O–H groups in total. The highest BCUT2D eigenvalue weighted by molar-refractivity contribution is 7.45. The molecule has 0 aliphatic rings. The van der Waals surface area contributed by atoms with Gasteiger partial charge in [0, 0.05) is 13.0 Å². The fourth-order valence-corrected chi connectivity index (χ4v) is 4.72. The molecule has 0 aromatic heterocycles. The van der Waals surface area contributed by atoms with Gasteiger partial charge in [0.1, 0.15) is 19.3 Å². The van der Waals surface area contributed by atoms with Gasteiger partial charge in [-0.05, 0) is 6.42 Å². The van der Waals surface area contributed by atoms with Gasteiger partial charge in [0.05, 0.1) is 34.4 Å². The Balaban J connectivity index is 3.80. The van der Waals surface area contributed by atoms with Crippen LogP contribution in [0.3, 0.4) is 0 Å².